The molecule has 1 aliphatic carbocycles. The summed E-state index contributed by atoms with van der Waals surface area (Å²) in [5.74, 6) is 0.315. The number of nitrogens with zero attached hydrogens (tertiary/aromatic N) is 1. The third kappa shape index (κ3) is 3.49. The Morgan fingerprint density at radius 3 is 2.90 bits per heavy atom. The number of nitrogens with one attached hydrogen (secondary N) is 1. The zero-order valence-corrected chi connectivity index (χ0v) is 14.0. The Labute approximate surface area is 135 Å². The highest BCUT2D eigenvalue weighted by molar-refractivity contribution is 9.10. The fraction of sp³-hybridized carbons (Fsp3) is 0.588. The zero-order valence-electron chi connectivity index (χ0n) is 12.4. The maximum atomic E-state index is 12.1. The average molecular weight is 351 g/mol. The molecule has 1 fully saturated rings. The van der Waals surface area contributed by atoms with Crippen molar-refractivity contribution in [3.8, 4) is 0 Å². The van der Waals surface area contributed by atoms with Crippen molar-refractivity contribution in [3.63, 3.8) is 0 Å². The van der Waals surface area contributed by atoms with Crippen molar-refractivity contribution in [2.24, 2.45) is 0 Å². The molecular formula is C17H23BrN2O. The average Bonchev–Trinajstić information content (AvgIpc) is 2.93. The van der Waals surface area contributed by atoms with Crippen molar-refractivity contribution in [2.45, 2.75) is 44.6 Å². The van der Waals surface area contributed by atoms with Gasteiger partial charge in [-0.05, 0) is 49.3 Å². The van der Waals surface area contributed by atoms with Crippen LogP contribution in [0.3, 0.4) is 0 Å². The summed E-state index contributed by atoms with van der Waals surface area (Å²) in [6.45, 7) is 2.70. The van der Waals surface area contributed by atoms with Crippen LogP contribution in [0.5, 0.6) is 0 Å². The van der Waals surface area contributed by atoms with E-state index in [0.717, 1.165) is 32.5 Å². The van der Waals surface area contributed by atoms with Crippen molar-refractivity contribution in [3.05, 3.63) is 33.8 Å². The van der Waals surface area contributed by atoms with Gasteiger partial charge in [0.15, 0.2) is 0 Å². The Balaban J connectivity index is 1.49. The monoisotopic (exact) mass is 350 g/mol. The second-order valence-corrected chi connectivity index (χ2v) is 6.90. The van der Waals surface area contributed by atoms with E-state index in [1.54, 1.807) is 0 Å². The topological polar surface area (TPSA) is 32.3 Å². The molecule has 4 heteroatoms. The van der Waals surface area contributed by atoms with Crippen LogP contribution in [-0.2, 0) is 11.2 Å². The number of likely N-dealkylation sites (tertiary alicyclic amines) is 1. The number of carbonyl (C=O) groups is 1. The van der Waals surface area contributed by atoms with Gasteiger partial charge in [0.25, 0.3) is 0 Å². The Hall–Kier alpha value is -0.870. The normalized spacial score (nSPS) is 21.4. The Bertz CT molecular complexity index is 512. The van der Waals surface area contributed by atoms with Gasteiger partial charge >= 0.3 is 0 Å². The van der Waals surface area contributed by atoms with Crippen LogP contribution in [0.2, 0.25) is 0 Å². The van der Waals surface area contributed by atoms with E-state index < -0.39 is 0 Å². The molecular weight excluding hydrogens is 328 g/mol. The number of benzene rings is 1. The molecule has 0 saturated carbocycles. The van der Waals surface area contributed by atoms with Crippen molar-refractivity contribution < 1.29 is 4.79 Å². The minimum atomic E-state index is 0.315. The Morgan fingerprint density at radius 2 is 2.10 bits per heavy atom. The zero-order chi connectivity index (χ0) is 14.7. The standard InChI is InChI=1S/C17H23BrN2O/c18-15-6-4-5-14-13(15)7-8-16(14)19-10-9-17(21)20-11-2-1-3-12-20/h4-6,16,19H,1-3,7-12H2. The van der Waals surface area contributed by atoms with Gasteiger partial charge in [-0.1, -0.05) is 28.1 Å². The van der Waals surface area contributed by atoms with Crippen LogP contribution in [0.4, 0.5) is 0 Å². The molecule has 3 rings (SSSR count). The summed E-state index contributed by atoms with van der Waals surface area (Å²) >= 11 is 3.63. The summed E-state index contributed by atoms with van der Waals surface area (Å²) in [6, 6.07) is 6.83. The highest BCUT2D eigenvalue weighted by Gasteiger charge is 2.24. The molecule has 3 nitrogen and oxygen atoms in total. The summed E-state index contributed by atoms with van der Waals surface area (Å²) in [7, 11) is 0. The summed E-state index contributed by atoms with van der Waals surface area (Å²) in [5, 5.41) is 3.57. The molecule has 114 valence electrons. The molecule has 1 unspecified atom stereocenters. The number of amides is 1. The number of fused-ring (bicyclic) bond motifs is 1. The first kappa shape index (κ1) is 15.0. The molecule has 2 aliphatic rings. The lowest BCUT2D eigenvalue weighted by molar-refractivity contribution is -0.132. The third-order valence-corrected chi connectivity index (χ3v) is 5.39. The second-order valence-electron chi connectivity index (χ2n) is 6.04. The molecule has 1 heterocycles. The van der Waals surface area contributed by atoms with E-state index in [0.29, 0.717) is 18.4 Å². The summed E-state index contributed by atoms with van der Waals surface area (Å²) < 4.78 is 1.22. The number of hydrogen-bond acceptors (Lipinski definition) is 2. The van der Waals surface area contributed by atoms with Crippen LogP contribution in [0.15, 0.2) is 22.7 Å². The molecule has 1 atom stereocenters. The summed E-state index contributed by atoms with van der Waals surface area (Å²) in [5.41, 5.74) is 2.83. The maximum absolute atomic E-state index is 12.1. The predicted octanol–water partition coefficient (Wildman–Crippen LogP) is 3.43. The van der Waals surface area contributed by atoms with Crippen molar-refractivity contribution >= 4 is 21.8 Å². The van der Waals surface area contributed by atoms with Crippen LogP contribution >= 0.6 is 15.9 Å². The number of hydrogen-bond donors (Lipinski definition) is 1. The minimum absolute atomic E-state index is 0.315. The fourth-order valence-corrected chi connectivity index (χ4v) is 4.06. The first-order valence-electron chi connectivity index (χ1n) is 8.04. The van der Waals surface area contributed by atoms with E-state index in [1.165, 1.54) is 34.9 Å². The largest absolute Gasteiger partial charge is 0.343 e. The van der Waals surface area contributed by atoms with Crippen LogP contribution in [-0.4, -0.2) is 30.4 Å². The van der Waals surface area contributed by atoms with Gasteiger partial charge in [-0.15, -0.1) is 0 Å². The van der Waals surface area contributed by atoms with Gasteiger partial charge in [-0.3, -0.25) is 4.79 Å². The molecule has 21 heavy (non-hydrogen) atoms. The molecule has 1 aromatic rings. The van der Waals surface area contributed by atoms with E-state index in [9.17, 15) is 4.79 Å². The van der Waals surface area contributed by atoms with Gasteiger partial charge in [0.1, 0.15) is 0 Å². The van der Waals surface area contributed by atoms with Gasteiger partial charge in [0.05, 0.1) is 0 Å². The molecule has 0 bridgehead atoms. The Morgan fingerprint density at radius 1 is 1.29 bits per heavy atom. The van der Waals surface area contributed by atoms with Crippen molar-refractivity contribution in [1.29, 1.82) is 0 Å². The number of halogens is 1. The molecule has 1 aliphatic heterocycles. The molecule has 1 aromatic carbocycles. The van der Waals surface area contributed by atoms with E-state index >= 15 is 0 Å². The van der Waals surface area contributed by atoms with Crippen LogP contribution in [0, 0.1) is 0 Å². The summed E-state index contributed by atoms with van der Waals surface area (Å²) in [6.07, 6.45) is 6.49. The highest BCUT2D eigenvalue weighted by atomic mass is 79.9. The van der Waals surface area contributed by atoms with Gasteiger partial charge in [0, 0.05) is 36.6 Å². The maximum Gasteiger partial charge on any atom is 0.223 e. The molecule has 0 radical (unpaired) electrons. The van der Waals surface area contributed by atoms with Crippen LogP contribution in [0.25, 0.3) is 0 Å². The smallest absolute Gasteiger partial charge is 0.223 e. The molecule has 1 N–H and O–H groups in total. The van der Waals surface area contributed by atoms with Gasteiger partial charge in [0.2, 0.25) is 5.91 Å². The molecule has 1 amide bonds. The van der Waals surface area contributed by atoms with Gasteiger partial charge in [-0.25, -0.2) is 0 Å². The number of carbonyl (C=O) groups excluding carboxylic acids is 1. The van der Waals surface area contributed by atoms with E-state index in [-0.39, 0.29) is 0 Å². The number of rotatable bonds is 4. The lowest BCUT2D eigenvalue weighted by Gasteiger charge is -2.27. The van der Waals surface area contributed by atoms with Crippen molar-refractivity contribution in [2.75, 3.05) is 19.6 Å². The fourth-order valence-electron chi connectivity index (χ4n) is 3.48. The summed E-state index contributed by atoms with van der Waals surface area (Å²) in [4.78, 5) is 14.2. The first-order chi connectivity index (χ1) is 10.3. The molecule has 1 saturated heterocycles. The van der Waals surface area contributed by atoms with Crippen molar-refractivity contribution in [1.82, 2.24) is 10.2 Å². The van der Waals surface area contributed by atoms with Crippen LogP contribution < -0.4 is 5.32 Å². The third-order valence-electron chi connectivity index (χ3n) is 4.65. The molecule has 0 aromatic heterocycles. The highest BCUT2D eigenvalue weighted by Crippen LogP contribution is 2.35. The first-order valence-corrected chi connectivity index (χ1v) is 8.83. The van der Waals surface area contributed by atoms with Gasteiger partial charge in [-0.2, -0.15) is 0 Å². The van der Waals surface area contributed by atoms with Crippen LogP contribution in [0.1, 0.15) is 49.3 Å². The second kappa shape index (κ2) is 6.93. The van der Waals surface area contributed by atoms with E-state index in [1.807, 2.05) is 4.90 Å². The minimum Gasteiger partial charge on any atom is -0.343 e. The number of piperidine rings is 1. The lowest BCUT2D eigenvalue weighted by Crippen LogP contribution is -2.37. The lowest BCUT2D eigenvalue weighted by atomic mass is 10.1. The predicted molar refractivity (Wildman–Crippen MR) is 88.3 cm³/mol. The van der Waals surface area contributed by atoms with E-state index in [2.05, 4.69) is 39.4 Å². The van der Waals surface area contributed by atoms with E-state index in [4.69, 9.17) is 0 Å². The SMILES string of the molecule is O=C(CCNC1CCc2c(Br)cccc21)N1CCCCC1. The molecule has 0 spiro atoms. The Kier molecular flexibility index (Phi) is 4.96. The quantitative estimate of drug-likeness (QED) is 0.902. The van der Waals surface area contributed by atoms with Gasteiger partial charge < -0.3 is 10.2 Å².